The summed E-state index contributed by atoms with van der Waals surface area (Å²) in [4.78, 5) is 16.0. The zero-order valence-electron chi connectivity index (χ0n) is 18.7. The van der Waals surface area contributed by atoms with Crippen molar-refractivity contribution in [2.75, 3.05) is 26.7 Å². The van der Waals surface area contributed by atoms with Gasteiger partial charge in [-0.25, -0.2) is 9.18 Å². The first-order valence-corrected chi connectivity index (χ1v) is 10.5. The summed E-state index contributed by atoms with van der Waals surface area (Å²) < 4.78 is 93.2. The lowest BCUT2D eigenvalue weighted by Crippen LogP contribution is -2.52. The number of aryl methyl sites for hydroxylation is 1. The Morgan fingerprint density at radius 2 is 1.65 bits per heavy atom. The van der Waals surface area contributed by atoms with Gasteiger partial charge in [-0.05, 0) is 60.9 Å². The number of amides is 2. The molecule has 0 saturated carbocycles. The van der Waals surface area contributed by atoms with Gasteiger partial charge in [0.15, 0.2) is 0 Å². The van der Waals surface area contributed by atoms with E-state index in [0.717, 1.165) is 4.90 Å². The molecule has 0 unspecified atom stereocenters. The molecule has 0 radical (unpaired) electrons. The summed E-state index contributed by atoms with van der Waals surface area (Å²) in [5, 5.41) is 3.15. The maximum absolute atomic E-state index is 13.6. The zero-order valence-corrected chi connectivity index (χ0v) is 18.7. The van der Waals surface area contributed by atoms with Crippen LogP contribution in [0.25, 0.3) is 0 Å². The predicted molar refractivity (Wildman–Crippen MR) is 111 cm³/mol. The van der Waals surface area contributed by atoms with Crippen molar-refractivity contribution < 1.29 is 35.5 Å². The van der Waals surface area contributed by atoms with Gasteiger partial charge in [0, 0.05) is 26.7 Å². The Kier molecular flexibility index (Phi) is 7.16. The molecule has 1 fully saturated rings. The van der Waals surface area contributed by atoms with Crippen molar-refractivity contribution in [3.8, 4) is 0 Å². The third-order valence-corrected chi connectivity index (χ3v) is 6.06. The third-order valence-electron chi connectivity index (χ3n) is 6.06. The van der Waals surface area contributed by atoms with Gasteiger partial charge in [0.2, 0.25) is 0 Å². The van der Waals surface area contributed by atoms with Gasteiger partial charge >= 0.3 is 18.4 Å². The molecule has 1 aliphatic rings. The van der Waals surface area contributed by atoms with E-state index in [1.54, 1.807) is 13.0 Å². The third kappa shape index (κ3) is 5.45. The van der Waals surface area contributed by atoms with Crippen LogP contribution in [0.3, 0.4) is 0 Å². The molecule has 0 bridgehead atoms. The average Bonchev–Trinajstić information content (AvgIpc) is 2.76. The molecule has 2 aromatic carbocycles. The van der Waals surface area contributed by atoms with Gasteiger partial charge in [-0.15, -0.1) is 0 Å². The number of nitrogens with zero attached hydrogens (tertiary/aromatic N) is 2. The molecule has 1 saturated heterocycles. The molecule has 1 heterocycles. The second kappa shape index (κ2) is 9.44. The van der Waals surface area contributed by atoms with Crippen molar-refractivity contribution in [2.24, 2.45) is 0 Å². The number of nitrogens with one attached hydrogen (secondary N) is 1. The Bertz CT molecular complexity index is 1020. The van der Waals surface area contributed by atoms with E-state index in [0.29, 0.717) is 36.3 Å². The monoisotopic (exact) mass is 491 g/mol. The standard InChI is InChI=1S/C23H24F7N3O/c1-13-8-18(24)4-5-19(13)20-12-31-6-7-33(20)21(34)32(3)14(2)15-9-16(22(25,26)27)11-17(10-15)23(28,29)30/h4-5,8-11,14,20,31H,6-7,12H2,1-3H3/t14-,20+/m0/s1. The lowest BCUT2D eigenvalue weighted by Gasteiger charge is -2.40. The molecule has 2 aromatic rings. The van der Waals surface area contributed by atoms with Crippen LogP contribution < -0.4 is 5.32 Å². The number of piperazine rings is 1. The van der Waals surface area contributed by atoms with Crippen molar-refractivity contribution in [1.29, 1.82) is 0 Å². The Balaban J connectivity index is 1.94. The van der Waals surface area contributed by atoms with Crippen LogP contribution >= 0.6 is 0 Å². The smallest absolute Gasteiger partial charge is 0.321 e. The van der Waals surface area contributed by atoms with E-state index in [2.05, 4.69) is 5.32 Å². The molecule has 4 nitrogen and oxygen atoms in total. The van der Waals surface area contributed by atoms with Crippen LogP contribution in [0.5, 0.6) is 0 Å². The van der Waals surface area contributed by atoms with Gasteiger partial charge < -0.3 is 15.1 Å². The minimum absolute atomic E-state index is 0.0572. The molecule has 34 heavy (non-hydrogen) atoms. The van der Waals surface area contributed by atoms with Gasteiger partial charge in [-0.2, -0.15) is 26.3 Å². The first-order valence-electron chi connectivity index (χ1n) is 10.5. The van der Waals surface area contributed by atoms with E-state index in [1.807, 2.05) is 0 Å². The van der Waals surface area contributed by atoms with Gasteiger partial charge in [0.05, 0.1) is 23.2 Å². The molecular weight excluding hydrogens is 467 g/mol. The molecule has 2 amide bonds. The van der Waals surface area contributed by atoms with Crippen LogP contribution in [0.15, 0.2) is 36.4 Å². The van der Waals surface area contributed by atoms with Crippen molar-refractivity contribution >= 4 is 6.03 Å². The summed E-state index contributed by atoms with van der Waals surface area (Å²) in [5.74, 6) is -0.432. The minimum Gasteiger partial charge on any atom is -0.321 e. The number of carbonyl (C=O) groups excluding carboxylic acids is 1. The highest BCUT2D eigenvalue weighted by Crippen LogP contribution is 2.38. The fourth-order valence-corrected chi connectivity index (χ4v) is 4.04. The molecule has 186 valence electrons. The minimum atomic E-state index is -4.98. The van der Waals surface area contributed by atoms with Gasteiger partial charge in [0.25, 0.3) is 0 Å². The summed E-state index contributed by atoms with van der Waals surface area (Å²) in [7, 11) is 1.33. The van der Waals surface area contributed by atoms with Crippen molar-refractivity contribution in [3.05, 3.63) is 70.0 Å². The number of halogens is 7. The fourth-order valence-electron chi connectivity index (χ4n) is 4.04. The Hall–Kier alpha value is -2.82. The number of hydrogen-bond donors (Lipinski definition) is 1. The van der Waals surface area contributed by atoms with E-state index in [1.165, 1.54) is 31.0 Å². The van der Waals surface area contributed by atoms with Crippen LogP contribution in [0.2, 0.25) is 0 Å². The molecule has 2 atom stereocenters. The molecular formula is C23H24F7N3O. The van der Waals surface area contributed by atoms with E-state index in [9.17, 15) is 35.5 Å². The number of urea groups is 1. The second-order valence-corrected chi connectivity index (χ2v) is 8.32. The fraction of sp³-hybridized carbons (Fsp3) is 0.435. The highest BCUT2D eigenvalue weighted by molar-refractivity contribution is 5.75. The lowest BCUT2D eigenvalue weighted by atomic mass is 9.98. The van der Waals surface area contributed by atoms with Crippen LogP contribution in [0.4, 0.5) is 35.5 Å². The summed E-state index contributed by atoms with van der Waals surface area (Å²) in [6.07, 6.45) is -9.97. The van der Waals surface area contributed by atoms with Gasteiger partial charge in [-0.1, -0.05) is 6.07 Å². The molecule has 11 heteroatoms. The first kappa shape index (κ1) is 25.8. The van der Waals surface area contributed by atoms with Crippen LogP contribution in [-0.4, -0.2) is 42.5 Å². The average molecular weight is 491 g/mol. The zero-order chi connectivity index (χ0) is 25.4. The van der Waals surface area contributed by atoms with E-state index >= 15 is 0 Å². The quantitative estimate of drug-likeness (QED) is 0.541. The number of alkyl halides is 6. The molecule has 0 spiro atoms. The van der Waals surface area contributed by atoms with Crippen LogP contribution in [0.1, 0.15) is 46.8 Å². The summed E-state index contributed by atoms with van der Waals surface area (Å²) in [6, 6.07) is 3.36. The lowest BCUT2D eigenvalue weighted by molar-refractivity contribution is -0.143. The molecule has 3 rings (SSSR count). The van der Waals surface area contributed by atoms with Crippen LogP contribution in [0, 0.1) is 12.7 Å². The maximum atomic E-state index is 13.6. The van der Waals surface area contributed by atoms with E-state index < -0.39 is 47.4 Å². The number of benzene rings is 2. The Morgan fingerprint density at radius 3 is 2.18 bits per heavy atom. The van der Waals surface area contributed by atoms with Crippen molar-refractivity contribution in [2.45, 2.75) is 38.3 Å². The van der Waals surface area contributed by atoms with E-state index in [-0.39, 0.29) is 18.2 Å². The SMILES string of the molecule is Cc1cc(F)ccc1[C@H]1CNCCN1C(=O)N(C)[C@@H](C)c1cc(C(F)(F)F)cc(C(F)(F)F)c1. The van der Waals surface area contributed by atoms with Gasteiger partial charge in [0.1, 0.15) is 5.82 Å². The number of rotatable bonds is 3. The normalized spacial score (nSPS) is 18.1. The van der Waals surface area contributed by atoms with E-state index in [4.69, 9.17) is 0 Å². The summed E-state index contributed by atoms with van der Waals surface area (Å²) >= 11 is 0. The van der Waals surface area contributed by atoms with Crippen molar-refractivity contribution in [3.63, 3.8) is 0 Å². The maximum Gasteiger partial charge on any atom is 0.416 e. The summed E-state index contributed by atoms with van der Waals surface area (Å²) in [6.45, 7) is 4.14. The van der Waals surface area contributed by atoms with Gasteiger partial charge in [-0.3, -0.25) is 0 Å². The topological polar surface area (TPSA) is 35.6 Å². The van der Waals surface area contributed by atoms with Crippen molar-refractivity contribution in [1.82, 2.24) is 15.1 Å². The molecule has 1 N–H and O–H groups in total. The Labute approximate surface area is 192 Å². The molecule has 1 aliphatic heterocycles. The molecule has 0 aliphatic carbocycles. The largest absolute Gasteiger partial charge is 0.416 e. The summed E-state index contributed by atoms with van der Waals surface area (Å²) in [5.41, 5.74) is -1.85. The van der Waals surface area contributed by atoms with Crippen LogP contribution in [-0.2, 0) is 12.4 Å². The Morgan fingerprint density at radius 1 is 1.06 bits per heavy atom. The number of hydrogen-bond acceptors (Lipinski definition) is 2. The highest BCUT2D eigenvalue weighted by Gasteiger charge is 2.38. The number of carbonyl (C=O) groups is 1. The predicted octanol–water partition coefficient (Wildman–Crippen LogP) is 5.93. The first-order chi connectivity index (χ1) is 15.7. The highest BCUT2D eigenvalue weighted by atomic mass is 19.4. The second-order valence-electron chi connectivity index (χ2n) is 8.32. The molecule has 0 aromatic heterocycles.